The second-order valence-electron chi connectivity index (χ2n) is 5.10. The van der Waals surface area contributed by atoms with Gasteiger partial charge in [0.05, 0.1) is 5.69 Å². The van der Waals surface area contributed by atoms with Gasteiger partial charge in [-0.15, -0.1) is 12.6 Å². The quantitative estimate of drug-likeness (QED) is 0.621. The second kappa shape index (κ2) is 6.52. The first-order chi connectivity index (χ1) is 11.0. The van der Waals surface area contributed by atoms with Crippen molar-refractivity contribution < 1.29 is 9.21 Å². The van der Waals surface area contributed by atoms with E-state index in [4.69, 9.17) is 16.0 Å². The smallest absolute Gasteiger partial charge is 0.291 e. The SMILES string of the molecule is Cc1ccc(-c2ccc(C(=O)Nc3ccccc3S)o2)cc1Cl. The van der Waals surface area contributed by atoms with Gasteiger partial charge in [-0.1, -0.05) is 35.9 Å². The molecule has 0 spiro atoms. The lowest BCUT2D eigenvalue weighted by Gasteiger charge is -2.05. The molecule has 0 aliphatic rings. The van der Waals surface area contributed by atoms with Gasteiger partial charge in [-0.2, -0.15) is 0 Å². The minimum absolute atomic E-state index is 0.230. The van der Waals surface area contributed by atoms with Crippen LogP contribution in [0.4, 0.5) is 5.69 Å². The lowest BCUT2D eigenvalue weighted by molar-refractivity contribution is 0.0997. The van der Waals surface area contributed by atoms with Gasteiger partial charge in [0.15, 0.2) is 5.76 Å². The van der Waals surface area contributed by atoms with E-state index in [0.29, 0.717) is 21.4 Å². The van der Waals surface area contributed by atoms with Crippen LogP contribution in [0.2, 0.25) is 5.02 Å². The van der Waals surface area contributed by atoms with Crippen LogP contribution in [0.1, 0.15) is 16.1 Å². The predicted octanol–water partition coefficient (Wildman–Crippen LogP) is 5.45. The first-order valence-corrected chi connectivity index (χ1v) is 7.83. The van der Waals surface area contributed by atoms with Crippen molar-refractivity contribution in [3.8, 4) is 11.3 Å². The Morgan fingerprint density at radius 3 is 2.65 bits per heavy atom. The largest absolute Gasteiger partial charge is 0.451 e. The van der Waals surface area contributed by atoms with Crippen LogP contribution >= 0.6 is 24.2 Å². The lowest BCUT2D eigenvalue weighted by Crippen LogP contribution is -2.11. The predicted molar refractivity (Wildman–Crippen MR) is 95.5 cm³/mol. The van der Waals surface area contributed by atoms with Crippen molar-refractivity contribution in [2.45, 2.75) is 11.8 Å². The van der Waals surface area contributed by atoms with E-state index in [1.807, 2.05) is 37.3 Å². The van der Waals surface area contributed by atoms with Crippen molar-refractivity contribution in [2.75, 3.05) is 5.32 Å². The summed E-state index contributed by atoms with van der Waals surface area (Å²) in [7, 11) is 0. The molecule has 3 aromatic rings. The topological polar surface area (TPSA) is 42.2 Å². The summed E-state index contributed by atoms with van der Waals surface area (Å²) in [6.45, 7) is 1.93. The zero-order chi connectivity index (χ0) is 16.4. The molecule has 0 radical (unpaired) electrons. The average molecular weight is 344 g/mol. The molecule has 0 atom stereocenters. The maximum Gasteiger partial charge on any atom is 0.291 e. The molecule has 0 unspecified atom stereocenters. The number of aryl methyl sites for hydroxylation is 1. The molecule has 0 bridgehead atoms. The summed E-state index contributed by atoms with van der Waals surface area (Å²) in [6.07, 6.45) is 0. The zero-order valence-electron chi connectivity index (χ0n) is 12.3. The third-order valence-corrected chi connectivity index (χ3v) is 4.24. The van der Waals surface area contributed by atoms with E-state index in [0.717, 1.165) is 11.1 Å². The fraction of sp³-hybridized carbons (Fsp3) is 0.0556. The molecule has 0 saturated heterocycles. The van der Waals surface area contributed by atoms with Crippen molar-refractivity contribution >= 4 is 35.8 Å². The van der Waals surface area contributed by atoms with Crippen LogP contribution < -0.4 is 5.32 Å². The minimum atomic E-state index is -0.323. The number of carbonyl (C=O) groups is 1. The van der Waals surface area contributed by atoms with Crippen LogP contribution in [-0.2, 0) is 0 Å². The molecule has 23 heavy (non-hydrogen) atoms. The summed E-state index contributed by atoms with van der Waals surface area (Å²) >= 11 is 10.4. The highest BCUT2D eigenvalue weighted by atomic mass is 35.5. The molecule has 2 aromatic carbocycles. The van der Waals surface area contributed by atoms with E-state index >= 15 is 0 Å². The standard InChI is InChI=1S/C18H14ClNO2S/c1-11-6-7-12(10-13(11)19)15-8-9-16(22-15)18(21)20-14-4-2-3-5-17(14)23/h2-10,23H,1H3,(H,20,21). The Balaban J connectivity index is 1.82. The van der Waals surface area contributed by atoms with Gasteiger partial charge in [0.1, 0.15) is 5.76 Å². The van der Waals surface area contributed by atoms with Crippen molar-refractivity contribution in [1.29, 1.82) is 0 Å². The normalized spacial score (nSPS) is 10.6. The van der Waals surface area contributed by atoms with E-state index in [9.17, 15) is 4.79 Å². The fourth-order valence-corrected chi connectivity index (χ4v) is 2.52. The minimum Gasteiger partial charge on any atom is -0.451 e. The van der Waals surface area contributed by atoms with Gasteiger partial charge >= 0.3 is 0 Å². The third kappa shape index (κ3) is 3.44. The summed E-state index contributed by atoms with van der Waals surface area (Å²) in [6, 6.07) is 16.3. The molecule has 1 heterocycles. The zero-order valence-corrected chi connectivity index (χ0v) is 14.0. The highest BCUT2D eigenvalue weighted by Crippen LogP contribution is 2.27. The Kier molecular flexibility index (Phi) is 4.46. The van der Waals surface area contributed by atoms with Crippen LogP contribution in [0.15, 0.2) is 63.9 Å². The number of carbonyl (C=O) groups excluding carboxylic acids is 1. The van der Waals surface area contributed by atoms with Gasteiger partial charge in [0.2, 0.25) is 0 Å². The first-order valence-electron chi connectivity index (χ1n) is 7.00. The van der Waals surface area contributed by atoms with E-state index in [-0.39, 0.29) is 11.7 Å². The van der Waals surface area contributed by atoms with E-state index in [1.54, 1.807) is 24.3 Å². The number of hydrogen-bond acceptors (Lipinski definition) is 3. The molecule has 0 aliphatic heterocycles. The Labute approximate surface area is 144 Å². The maximum atomic E-state index is 12.3. The lowest BCUT2D eigenvalue weighted by atomic mass is 10.1. The Bertz CT molecular complexity index is 873. The van der Waals surface area contributed by atoms with Gasteiger partial charge in [0.25, 0.3) is 5.91 Å². The number of furan rings is 1. The van der Waals surface area contributed by atoms with Crippen molar-refractivity contribution in [2.24, 2.45) is 0 Å². The fourth-order valence-electron chi connectivity index (χ4n) is 2.12. The van der Waals surface area contributed by atoms with Crippen molar-refractivity contribution in [1.82, 2.24) is 0 Å². The van der Waals surface area contributed by atoms with Gasteiger partial charge < -0.3 is 9.73 Å². The van der Waals surface area contributed by atoms with Crippen LogP contribution in [-0.4, -0.2) is 5.91 Å². The summed E-state index contributed by atoms with van der Waals surface area (Å²) in [4.78, 5) is 13.0. The molecule has 116 valence electrons. The van der Waals surface area contributed by atoms with Crippen molar-refractivity contribution in [3.05, 3.63) is 70.9 Å². The Hall–Kier alpha value is -2.17. The summed E-state index contributed by atoms with van der Waals surface area (Å²) in [5.41, 5.74) is 2.46. The van der Waals surface area contributed by atoms with Crippen LogP contribution in [0.25, 0.3) is 11.3 Å². The Morgan fingerprint density at radius 1 is 1.13 bits per heavy atom. The van der Waals surface area contributed by atoms with Crippen LogP contribution in [0, 0.1) is 6.92 Å². The highest BCUT2D eigenvalue weighted by molar-refractivity contribution is 7.80. The van der Waals surface area contributed by atoms with Gasteiger partial charge in [-0.3, -0.25) is 4.79 Å². The van der Waals surface area contributed by atoms with E-state index < -0.39 is 0 Å². The van der Waals surface area contributed by atoms with E-state index in [1.165, 1.54) is 0 Å². The number of anilines is 1. The number of thiol groups is 1. The average Bonchev–Trinajstić information content (AvgIpc) is 3.02. The first kappa shape index (κ1) is 15.7. The maximum absolute atomic E-state index is 12.3. The molecule has 0 saturated carbocycles. The number of nitrogens with one attached hydrogen (secondary N) is 1. The third-order valence-electron chi connectivity index (χ3n) is 3.44. The van der Waals surface area contributed by atoms with Crippen LogP contribution in [0.5, 0.6) is 0 Å². The Morgan fingerprint density at radius 2 is 1.91 bits per heavy atom. The molecular formula is C18H14ClNO2S. The summed E-state index contributed by atoms with van der Waals surface area (Å²) in [5.74, 6) is 0.500. The summed E-state index contributed by atoms with van der Waals surface area (Å²) < 4.78 is 5.64. The molecule has 1 N–H and O–H groups in total. The molecule has 5 heteroatoms. The molecular weight excluding hydrogens is 330 g/mol. The number of amides is 1. The second-order valence-corrected chi connectivity index (χ2v) is 5.99. The molecule has 3 rings (SSSR count). The number of benzene rings is 2. The van der Waals surface area contributed by atoms with Crippen LogP contribution in [0.3, 0.4) is 0 Å². The molecule has 1 amide bonds. The molecule has 0 fully saturated rings. The summed E-state index contributed by atoms with van der Waals surface area (Å²) in [5, 5.41) is 3.44. The number of hydrogen-bond donors (Lipinski definition) is 2. The number of para-hydroxylation sites is 1. The molecule has 3 nitrogen and oxygen atoms in total. The van der Waals surface area contributed by atoms with Gasteiger partial charge in [0, 0.05) is 15.5 Å². The number of halogens is 1. The highest BCUT2D eigenvalue weighted by Gasteiger charge is 2.14. The molecule has 0 aliphatic carbocycles. The molecule has 1 aromatic heterocycles. The monoisotopic (exact) mass is 343 g/mol. The van der Waals surface area contributed by atoms with E-state index in [2.05, 4.69) is 17.9 Å². The van der Waals surface area contributed by atoms with Gasteiger partial charge in [-0.25, -0.2) is 0 Å². The van der Waals surface area contributed by atoms with Crippen molar-refractivity contribution in [3.63, 3.8) is 0 Å². The van der Waals surface area contributed by atoms with Gasteiger partial charge in [-0.05, 0) is 42.8 Å². The number of rotatable bonds is 3.